The number of nitrogens with two attached hydrogens (primary N) is 1. The first kappa shape index (κ1) is 22.2. The van der Waals surface area contributed by atoms with E-state index in [-0.39, 0.29) is 5.82 Å². The van der Waals surface area contributed by atoms with Gasteiger partial charge in [0.1, 0.15) is 5.82 Å². The molecule has 174 valence electrons. The summed E-state index contributed by atoms with van der Waals surface area (Å²) < 4.78 is 15.2. The van der Waals surface area contributed by atoms with Gasteiger partial charge in [0.25, 0.3) is 5.91 Å². The van der Waals surface area contributed by atoms with E-state index in [0.717, 1.165) is 28.9 Å². The third kappa shape index (κ3) is 3.47. The molecule has 34 heavy (non-hydrogen) atoms. The molecule has 1 fully saturated rings. The predicted octanol–water partition coefficient (Wildman–Crippen LogP) is 3.78. The van der Waals surface area contributed by atoms with E-state index >= 15 is 0 Å². The van der Waals surface area contributed by atoms with E-state index in [2.05, 4.69) is 18.1 Å². The van der Waals surface area contributed by atoms with Gasteiger partial charge < -0.3 is 10.8 Å². The molecular weight excluding hydrogens is 433 g/mol. The largest absolute Gasteiger partial charge is 0.389 e. The number of fused-ring (bicyclic) bond motifs is 2. The number of aromatic nitrogens is 2. The Morgan fingerprint density at radius 2 is 1.91 bits per heavy atom. The van der Waals surface area contributed by atoms with Gasteiger partial charge in [0.2, 0.25) is 5.78 Å². The van der Waals surface area contributed by atoms with Crippen molar-refractivity contribution in [3.05, 3.63) is 88.5 Å². The number of benzene rings is 2. The fourth-order valence-corrected chi connectivity index (χ4v) is 5.55. The smallest absolute Gasteiger partial charge is 0.289 e. The molecule has 2 aromatic carbocycles. The minimum atomic E-state index is -0.984. The molecule has 1 heterocycles. The summed E-state index contributed by atoms with van der Waals surface area (Å²) in [5.41, 5.74) is 8.70. The van der Waals surface area contributed by atoms with Crippen LogP contribution in [0.5, 0.6) is 0 Å². The third-order valence-corrected chi connectivity index (χ3v) is 7.65. The molecule has 2 atom stereocenters. The first-order valence-electron chi connectivity index (χ1n) is 11.4. The van der Waals surface area contributed by atoms with Gasteiger partial charge in [0, 0.05) is 11.0 Å². The molecule has 0 saturated heterocycles. The predicted molar refractivity (Wildman–Crippen MR) is 126 cm³/mol. The zero-order valence-corrected chi connectivity index (χ0v) is 18.9. The molecule has 3 aromatic rings. The van der Waals surface area contributed by atoms with Crippen LogP contribution in [0.15, 0.2) is 60.3 Å². The molecule has 7 heteroatoms. The van der Waals surface area contributed by atoms with E-state index < -0.39 is 22.7 Å². The Morgan fingerprint density at radius 1 is 1.18 bits per heavy atom. The second-order valence-corrected chi connectivity index (χ2v) is 9.50. The molecule has 0 bridgehead atoms. The molecule has 5 rings (SSSR count). The number of hydrogen-bond acceptors (Lipinski definition) is 4. The van der Waals surface area contributed by atoms with E-state index in [0.29, 0.717) is 36.8 Å². The first-order chi connectivity index (χ1) is 16.2. The van der Waals surface area contributed by atoms with Crippen molar-refractivity contribution >= 4 is 17.8 Å². The number of rotatable bonds is 6. The van der Waals surface area contributed by atoms with Gasteiger partial charge in [-0.05, 0) is 73.6 Å². The molecular formula is C27H26FN3O3. The molecule has 0 unspecified atom stereocenters. The minimum Gasteiger partial charge on any atom is -0.389 e. The summed E-state index contributed by atoms with van der Waals surface area (Å²) in [6, 6.07) is 13.2. The van der Waals surface area contributed by atoms with E-state index in [9.17, 15) is 19.1 Å². The van der Waals surface area contributed by atoms with Crippen LogP contribution in [0.4, 0.5) is 4.39 Å². The summed E-state index contributed by atoms with van der Waals surface area (Å²) in [7, 11) is 0. The third-order valence-electron chi connectivity index (χ3n) is 7.65. The fourth-order valence-electron chi connectivity index (χ4n) is 5.55. The Kier molecular flexibility index (Phi) is 5.24. The summed E-state index contributed by atoms with van der Waals surface area (Å²) in [6.45, 7) is 2.09. The maximum absolute atomic E-state index is 13.4. The second kappa shape index (κ2) is 8.02. The highest BCUT2D eigenvalue weighted by Gasteiger charge is 2.54. The SMILES string of the molecule is C[C@]12Cc3cnn(-c4ccc(F)cc4)c3C=C1CC[C@@]2(O)CCc1ccccc1C(=O)C(N)=O. The Hall–Kier alpha value is -3.58. The topological polar surface area (TPSA) is 98.2 Å². The van der Waals surface area contributed by atoms with E-state index in [4.69, 9.17) is 5.73 Å². The van der Waals surface area contributed by atoms with Crippen molar-refractivity contribution < 1.29 is 19.1 Å². The summed E-state index contributed by atoms with van der Waals surface area (Å²) in [5.74, 6) is -1.99. The van der Waals surface area contributed by atoms with Gasteiger partial charge in [-0.25, -0.2) is 9.07 Å². The molecule has 1 amide bonds. The average Bonchev–Trinajstić information content (AvgIpc) is 3.34. The summed E-state index contributed by atoms with van der Waals surface area (Å²) in [5, 5.41) is 16.4. The van der Waals surface area contributed by atoms with Gasteiger partial charge in [-0.1, -0.05) is 36.8 Å². The number of aryl methyl sites for hydroxylation is 1. The molecule has 1 aromatic heterocycles. The van der Waals surface area contributed by atoms with Crippen LogP contribution in [0.25, 0.3) is 11.8 Å². The maximum Gasteiger partial charge on any atom is 0.289 e. The standard InChI is InChI=1S/C27H26FN3O3/c1-26-15-18-16-30-31(21-8-6-20(28)7-9-21)23(18)14-19(26)11-13-27(26,34)12-10-17-4-2-3-5-22(17)24(32)25(29)33/h2-9,14,16,34H,10-13,15H2,1H3,(H2,29,33)/t26-,27-/m0/s1. The van der Waals surface area contributed by atoms with E-state index in [1.807, 2.05) is 16.9 Å². The highest BCUT2D eigenvalue weighted by molar-refractivity contribution is 6.42. The van der Waals surface area contributed by atoms with Crippen molar-refractivity contribution in [2.75, 3.05) is 0 Å². The van der Waals surface area contributed by atoms with Gasteiger partial charge >= 0.3 is 0 Å². The van der Waals surface area contributed by atoms with Crippen molar-refractivity contribution in [3.63, 3.8) is 0 Å². The number of nitrogens with zero attached hydrogens (tertiary/aromatic N) is 2. The lowest BCUT2D eigenvalue weighted by Gasteiger charge is -2.42. The number of amides is 1. The van der Waals surface area contributed by atoms with Gasteiger partial charge in [-0.15, -0.1) is 0 Å². The Bertz CT molecular complexity index is 1330. The second-order valence-electron chi connectivity index (χ2n) is 9.50. The summed E-state index contributed by atoms with van der Waals surface area (Å²) >= 11 is 0. The minimum absolute atomic E-state index is 0.295. The molecule has 3 N–H and O–H groups in total. The van der Waals surface area contributed by atoms with Crippen LogP contribution >= 0.6 is 0 Å². The molecule has 0 aliphatic heterocycles. The number of aliphatic hydroxyl groups is 1. The number of primary amides is 1. The van der Waals surface area contributed by atoms with Gasteiger partial charge in [0.15, 0.2) is 0 Å². The Labute approximate surface area is 196 Å². The van der Waals surface area contributed by atoms with Gasteiger partial charge in [-0.2, -0.15) is 5.10 Å². The molecule has 6 nitrogen and oxygen atoms in total. The monoisotopic (exact) mass is 459 g/mol. The Balaban J connectivity index is 1.42. The molecule has 2 aliphatic rings. The summed E-state index contributed by atoms with van der Waals surface area (Å²) in [4.78, 5) is 23.7. The maximum atomic E-state index is 13.4. The number of carbonyl (C=O) groups is 2. The highest BCUT2D eigenvalue weighted by Crippen LogP contribution is 2.56. The van der Waals surface area contributed by atoms with Gasteiger partial charge in [0.05, 0.1) is 23.2 Å². The molecule has 2 aliphatic carbocycles. The van der Waals surface area contributed by atoms with E-state index in [1.54, 1.807) is 30.3 Å². The lowest BCUT2D eigenvalue weighted by atomic mass is 9.65. The number of ketones is 1. The average molecular weight is 460 g/mol. The molecule has 1 saturated carbocycles. The molecule has 0 radical (unpaired) electrons. The summed E-state index contributed by atoms with van der Waals surface area (Å²) in [6.07, 6.45) is 6.82. The van der Waals surface area contributed by atoms with Crippen molar-refractivity contribution in [1.82, 2.24) is 9.78 Å². The number of halogens is 1. The van der Waals surface area contributed by atoms with Gasteiger partial charge in [-0.3, -0.25) is 9.59 Å². The van der Waals surface area contributed by atoms with Crippen molar-refractivity contribution in [2.45, 2.75) is 44.6 Å². The van der Waals surface area contributed by atoms with Crippen molar-refractivity contribution in [3.8, 4) is 5.69 Å². The van der Waals surface area contributed by atoms with Crippen LogP contribution in [-0.2, 0) is 17.6 Å². The zero-order chi connectivity index (χ0) is 24.1. The van der Waals surface area contributed by atoms with Crippen LogP contribution in [0, 0.1) is 11.2 Å². The fraction of sp³-hybridized carbons (Fsp3) is 0.296. The van der Waals surface area contributed by atoms with Crippen LogP contribution in [0.3, 0.4) is 0 Å². The number of Topliss-reactive ketones (excluding diaryl/α,β-unsaturated/α-hetero) is 1. The highest BCUT2D eigenvalue weighted by atomic mass is 19.1. The van der Waals surface area contributed by atoms with Crippen molar-refractivity contribution in [1.29, 1.82) is 0 Å². The first-order valence-corrected chi connectivity index (χ1v) is 11.4. The van der Waals surface area contributed by atoms with Crippen molar-refractivity contribution in [2.24, 2.45) is 11.1 Å². The quantitative estimate of drug-likeness (QED) is 0.433. The lowest BCUT2D eigenvalue weighted by molar-refractivity contribution is -0.114. The Morgan fingerprint density at radius 3 is 2.65 bits per heavy atom. The number of hydrogen-bond donors (Lipinski definition) is 2. The van der Waals surface area contributed by atoms with Crippen LogP contribution in [-0.4, -0.2) is 32.2 Å². The molecule has 0 spiro atoms. The van der Waals surface area contributed by atoms with Crippen LogP contribution < -0.4 is 5.73 Å². The van der Waals surface area contributed by atoms with E-state index in [1.165, 1.54) is 12.1 Å². The van der Waals surface area contributed by atoms with Crippen LogP contribution in [0.2, 0.25) is 0 Å². The zero-order valence-electron chi connectivity index (χ0n) is 18.9. The van der Waals surface area contributed by atoms with Crippen LogP contribution in [0.1, 0.15) is 53.4 Å². The lowest BCUT2D eigenvalue weighted by Crippen LogP contribution is -2.45. The number of carbonyl (C=O) groups excluding carboxylic acids is 2. The normalized spacial score (nSPS) is 23.2.